The summed E-state index contributed by atoms with van der Waals surface area (Å²) in [5.74, 6) is 1.85. The van der Waals surface area contributed by atoms with E-state index in [9.17, 15) is 0 Å². The van der Waals surface area contributed by atoms with Crippen LogP contribution in [0.15, 0.2) is 39.2 Å². The molecule has 0 atom stereocenters. The monoisotopic (exact) mass is 546 g/mol. The van der Waals surface area contributed by atoms with Gasteiger partial charge in [-0.1, -0.05) is 28.9 Å². The molecule has 3 aromatic rings. The number of aliphatic imine (C=N–C) groups is 1. The highest BCUT2D eigenvalue weighted by Gasteiger charge is 2.09. The Hall–Kier alpha value is -1.72. The Morgan fingerprint density at radius 1 is 1.24 bits per heavy atom. The standard InChI is InChI=1S/C19H23ClN6OS.HI/c1-3-21-19(22-9-7-16-12-28-13(2)24-16)23-10-8-17-25-18(26-27-17)14-5-4-6-15(20)11-14;/h4-6,11-12H,3,7-10H2,1-2H3,(H2,21,22,23);1H. The van der Waals surface area contributed by atoms with Crippen LogP contribution in [0.3, 0.4) is 0 Å². The Bertz CT molecular complexity index is 929. The molecule has 0 fully saturated rings. The highest BCUT2D eigenvalue weighted by molar-refractivity contribution is 14.0. The molecular weight excluding hydrogens is 523 g/mol. The van der Waals surface area contributed by atoms with Crippen LogP contribution in [0.1, 0.15) is 23.5 Å². The molecule has 0 saturated carbocycles. The highest BCUT2D eigenvalue weighted by Crippen LogP contribution is 2.19. The average Bonchev–Trinajstić information content (AvgIpc) is 3.31. The second kappa shape index (κ2) is 12.1. The second-order valence-electron chi connectivity index (χ2n) is 6.07. The Morgan fingerprint density at radius 3 is 2.83 bits per heavy atom. The van der Waals surface area contributed by atoms with Crippen molar-refractivity contribution in [2.24, 2.45) is 4.99 Å². The van der Waals surface area contributed by atoms with E-state index in [1.165, 1.54) is 0 Å². The van der Waals surface area contributed by atoms with E-state index in [0.717, 1.165) is 41.7 Å². The third kappa shape index (κ3) is 7.56. The minimum absolute atomic E-state index is 0. The Labute approximate surface area is 196 Å². The van der Waals surface area contributed by atoms with Gasteiger partial charge in [0.25, 0.3) is 0 Å². The number of thiazole rings is 1. The first-order valence-corrected chi connectivity index (χ1v) is 10.4. The van der Waals surface area contributed by atoms with Crippen LogP contribution in [0, 0.1) is 6.92 Å². The molecule has 0 radical (unpaired) electrons. The molecule has 2 N–H and O–H groups in total. The lowest BCUT2D eigenvalue weighted by Gasteiger charge is -2.10. The first-order chi connectivity index (χ1) is 13.6. The predicted molar refractivity (Wildman–Crippen MR) is 128 cm³/mol. The number of benzene rings is 1. The van der Waals surface area contributed by atoms with Gasteiger partial charge in [0, 0.05) is 41.9 Å². The molecule has 156 valence electrons. The zero-order chi connectivity index (χ0) is 19.8. The zero-order valence-corrected chi connectivity index (χ0v) is 20.2. The van der Waals surface area contributed by atoms with E-state index in [-0.39, 0.29) is 24.0 Å². The van der Waals surface area contributed by atoms with E-state index in [0.29, 0.717) is 29.7 Å². The number of halogens is 2. The van der Waals surface area contributed by atoms with Crippen molar-refractivity contribution < 1.29 is 4.52 Å². The fourth-order valence-electron chi connectivity index (χ4n) is 2.54. The fraction of sp³-hybridized carbons (Fsp3) is 0.368. The molecule has 2 aromatic heterocycles. The van der Waals surface area contributed by atoms with E-state index >= 15 is 0 Å². The Balaban J connectivity index is 0.00000300. The lowest BCUT2D eigenvalue weighted by molar-refractivity contribution is 0.380. The lowest BCUT2D eigenvalue weighted by Crippen LogP contribution is -2.38. The normalized spacial score (nSPS) is 11.2. The first-order valence-electron chi connectivity index (χ1n) is 9.15. The molecule has 7 nitrogen and oxygen atoms in total. The van der Waals surface area contributed by atoms with Gasteiger partial charge in [-0.25, -0.2) is 4.98 Å². The van der Waals surface area contributed by atoms with Gasteiger partial charge in [-0.05, 0) is 26.0 Å². The maximum atomic E-state index is 6.01. The molecule has 0 amide bonds. The number of guanidine groups is 1. The van der Waals surface area contributed by atoms with Crippen LogP contribution in [0.5, 0.6) is 0 Å². The van der Waals surface area contributed by atoms with Gasteiger partial charge in [-0.15, -0.1) is 35.3 Å². The second-order valence-corrected chi connectivity index (χ2v) is 7.57. The van der Waals surface area contributed by atoms with Crippen LogP contribution >= 0.6 is 46.9 Å². The Kier molecular flexibility index (Phi) is 9.82. The molecule has 2 heterocycles. The van der Waals surface area contributed by atoms with Crippen LogP contribution in [0.2, 0.25) is 5.02 Å². The van der Waals surface area contributed by atoms with Crippen molar-refractivity contribution in [3.05, 3.63) is 51.3 Å². The molecule has 10 heteroatoms. The van der Waals surface area contributed by atoms with Crippen molar-refractivity contribution in [2.45, 2.75) is 26.7 Å². The number of hydrogen-bond donors (Lipinski definition) is 2. The minimum atomic E-state index is 0. The minimum Gasteiger partial charge on any atom is -0.357 e. The quantitative estimate of drug-likeness (QED) is 0.251. The van der Waals surface area contributed by atoms with Gasteiger partial charge in [0.1, 0.15) is 0 Å². The lowest BCUT2D eigenvalue weighted by atomic mass is 10.2. The topological polar surface area (TPSA) is 88.2 Å². The van der Waals surface area contributed by atoms with Crippen molar-refractivity contribution in [3.63, 3.8) is 0 Å². The molecule has 0 spiro atoms. The number of rotatable bonds is 8. The predicted octanol–water partition coefficient (Wildman–Crippen LogP) is 4.11. The summed E-state index contributed by atoms with van der Waals surface area (Å²) in [6.45, 7) is 6.16. The molecule has 0 aliphatic heterocycles. The fourth-order valence-corrected chi connectivity index (χ4v) is 3.38. The molecular formula is C19H24ClIN6OS. The molecule has 0 unspecified atom stereocenters. The van der Waals surface area contributed by atoms with Crippen LogP contribution in [0.4, 0.5) is 0 Å². The number of aryl methyl sites for hydroxylation is 1. The zero-order valence-electron chi connectivity index (χ0n) is 16.3. The molecule has 3 rings (SSSR count). The first kappa shape index (κ1) is 23.6. The number of nitrogens with zero attached hydrogens (tertiary/aromatic N) is 4. The van der Waals surface area contributed by atoms with Gasteiger partial charge in [-0.2, -0.15) is 4.98 Å². The highest BCUT2D eigenvalue weighted by atomic mass is 127. The summed E-state index contributed by atoms with van der Waals surface area (Å²) in [5, 5.41) is 14.4. The third-order valence-electron chi connectivity index (χ3n) is 3.83. The van der Waals surface area contributed by atoms with Crippen LogP contribution in [-0.4, -0.2) is 40.7 Å². The molecule has 0 saturated heterocycles. The Morgan fingerprint density at radius 2 is 2.10 bits per heavy atom. The summed E-state index contributed by atoms with van der Waals surface area (Å²) in [4.78, 5) is 13.5. The molecule has 0 aliphatic carbocycles. The third-order valence-corrected chi connectivity index (χ3v) is 4.89. The van der Waals surface area contributed by atoms with Gasteiger partial charge >= 0.3 is 0 Å². The van der Waals surface area contributed by atoms with Crippen molar-refractivity contribution >= 4 is 52.9 Å². The molecule has 29 heavy (non-hydrogen) atoms. The van der Waals surface area contributed by atoms with Crippen molar-refractivity contribution in [1.29, 1.82) is 0 Å². The maximum Gasteiger partial charge on any atom is 0.228 e. The summed E-state index contributed by atoms with van der Waals surface area (Å²) >= 11 is 7.68. The van der Waals surface area contributed by atoms with Crippen molar-refractivity contribution in [2.75, 3.05) is 19.6 Å². The molecule has 0 aliphatic rings. The largest absolute Gasteiger partial charge is 0.357 e. The van der Waals surface area contributed by atoms with Gasteiger partial charge in [0.05, 0.1) is 17.2 Å². The van der Waals surface area contributed by atoms with Crippen LogP contribution in [0.25, 0.3) is 11.4 Å². The molecule has 1 aromatic carbocycles. The molecule has 0 bridgehead atoms. The number of hydrogen-bond acceptors (Lipinski definition) is 6. The average molecular weight is 547 g/mol. The number of aromatic nitrogens is 3. The SMILES string of the molecule is CCNC(=NCCc1nc(-c2cccc(Cl)c2)no1)NCCc1csc(C)n1.I. The smallest absolute Gasteiger partial charge is 0.228 e. The van der Waals surface area contributed by atoms with E-state index in [4.69, 9.17) is 16.1 Å². The van der Waals surface area contributed by atoms with Gasteiger partial charge in [0.2, 0.25) is 11.7 Å². The summed E-state index contributed by atoms with van der Waals surface area (Å²) in [7, 11) is 0. The van der Waals surface area contributed by atoms with E-state index in [2.05, 4.69) is 36.1 Å². The van der Waals surface area contributed by atoms with Gasteiger partial charge < -0.3 is 15.2 Å². The van der Waals surface area contributed by atoms with Crippen molar-refractivity contribution in [3.8, 4) is 11.4 Å². The van der Waals surface area contributed by atoms with Crippen LogP contribution in [-0.2, 0) is 12.8 Å². The van der Waals surface area contributed by atoms with E-state index in [1.807, 2.05) is 38.1 Å². The van der Waals surface area contributed by atoms with Crippen LogP contribution < -0.4 is 10.6 Å². The van der Waals surface area contributed by atoms with E-state index < -0.39 is 0 Å². The summed E-state index contributed by atoms with van der Waals surface area (Å²) in [5.41, 5.74) is 1.93. The van der Waals surface area contributed by atoms with E-state index in [1.54, 1.807) is 11.3 Å². The number of nitrogens with one attached hydrogen (secondary N) is 2. The summed E-state index contributed by atoms with van der Waals surface area (Å²) in [6, 6.07) is 7.38. The van der Waals surface area contributed by atoms with Gasteiger partial charge in [0.15, 0.2) is 5.96 Å². The summed E-state index contributed by atoms with van der Waals surface area (Å²) in [6.07, 6.45) is 1.43. The maximum absolute atomic E-state index is 6.01. The van der Waals surface area contributed by atoms with Gasteiger partial charge in [-0.3, -0.25) is 4.99 Å². The van der Waals surface area contributed by atoms with Crippen molar-refractivity contribution in [1.82, 2.24) is 25.8 Å². The summed E-state index contributed by atoms with van der Waals surface area (Å²) < 4.78 is 5.32.